The summed E-state index contributed by atoms with van der Waals surface area (Å²) >= 11 is 0. The lowest BCUT2D eigenvalue weighted by Crippen LogP contribution is -2.51. The maximum atomic E-state index is 11.9. The van der Waals surface area contributed by atoms with Crippen molar-refractivity contribution in [3.63, 3.8) is 0 Å². The third kappa shape index (κ3) is 4.67. The van der Waals surface area contributed by atoms with E-state index in [2.05, 4.69) is 0 Å². The van der Waals surface area contributed by atoms with Crippen molar-refractivity contribution in [3.8, 4) is 0 Å². The zero-order valence-electron chi connectivity index (χ0n) is 11.4. The Morgan fingerprint density at radius 2 is 1.32 bits per heavy atom. The lowest BCUT2D eigenvalue weighted by Gasteiger charge is -2.33. The molecule has 0 atom stereocenters. The van der Waals surface area contributed by atoms with Crippen molar-refractivity contribution in [1.29, 1.82) is 0 Å². The average Bonchev–Trinajstić information content (AvgIpc) is 2.36. The van der Waals surface area contributed by atoms with Gasteiger partial charge in [-0.15, -0.1) is 0 Å². The van der Waals surface area contributed by atoms with E-state index in [4.69, 9.17) is 4.74 Å². The third-order valence-electron chi connectivity index (χ3n) is 2.99. The molecule has 0 aromatic heterocycles. The first-order valence-corrected chi connectivity index (χ1v) is 9.50. The van der Waals surface area contributed by atoms with Crippen LogP contribution in [0.3, 0.4) is 0 Å². The summed E-state index contributed by atoms with van der Waals surface area (Å²) in [4.78, 5) is 0. The topological polar surface area (TPSA) is 84.0 Å². The molecule has 0 saturated carbocycles. The van der Waals surface area contributed by atoms with Gasteiger partial charge in [0.1, 0.15) is 0 Å². The number of piperazine rings is 1. The van der Waals surface area contributed by atoms with Gasteiger partial charge in [0.15, 0.2) is 0 Å². The maximum Gasteiger partial charge on any atom is 0.216 e. The molecule has 1 rings (SSSR count). The normalized spacial score (nSPS) is 19.7. The number of hydrogen-bond donors (Lipinski definition) is 0. The SMILES string of the molecule is CCCS(=O)(=O)N1CCN(S(=O)(=O)CCOC)CC1. The first-order valence-electron chi connectivity index (χ1n) is 6.28. The van der Waals surface area contributed by atoms with Gasteiger partial charge in [-0.05, 0) is 6.42 Å². The van der Waals surface area contributed by atoms with Crippen molar-refractivity contribution in [3.05, 3.63) is 0 Å². The van der Waals surface area contributed by atoms with Crippen molar-refractivity contribution in [2.45, 2.75) is 13.3 Å². The Morgan fingerprint density at radius 3 is 1.68 bits per heavy atom. The molecule has 1 fully saturated rings. The fraction of sp³-hybridized carbons (Fsp3) is 1.00. The molecular formula is C10H22N2O5S2. The van der Waals surface area contributed by atoms with Gasteiger partial charge in [0.25, 0.3) is 0 Å². The lowest BCUT2D eigenvalue weighted by molar-refractivity contribution is 0.213. The minimum Gasteiger partial charge on any atom is -0.384 e. The van der Waals surface area contributed by atoms with Gasteiger partial charge in [-0.1, -0.05) is 6.92 Å². The Morgan fingerprint density at radius 1 is 0.895 bits per heavy atom. The molecule has 7 nitrogen and oxygen atoms in total. The van der Waals surface area contributed by atoms with Crippen LogP contribution >= 0.6 is 0 Å². The van der Waals surface area contributed by atoms with Gasteiger partial charge in [0.05, 0.1) is 18.1 Å². The predicted octanol–water partition coefficient (Wildman–Crippen LogP) is -0.680. The fourth-order valence-electron chi connectivity index (χ4n) is 1.93. The van der Waals surface area contributed by atoms with Gasteiger partial charge in [0, 0.05) is 33.3 Å². The zero-order valence-corrected chi connectivity index (χ0v) is 13.0. The minimum atomic E-state index is -3.34. The highest BCUT2D eigenvalue weighted by molar-refractivity contribution is 7.89. The fourth-order valence-corrected chi connectivity index (χ4v) is 4.78. The summed E-state index contributed by atoms with van der Waals surface area (Å²) < 4.78 is 55.0. The van der Waals surface area contributed by atoms with E-state index in [1.54, 1.807) is 0 Å². The molecule has 0 N–H and O–H groups in total. The molecule has 0 amide bonds. The van der Waals surface area contributed by atoms with Crippen LogP contribution in [0.5, 0.6) is 0 Å². The Kier molecular flexibility index (Phi) is 6.18. The molecule has 1 heterocycles. The number of nitrogens with zero attached hydrogens (tertiary/aromatic N) is 2. The molecule has 1 saturated heterocycles. The van der Waals surface area contributed by atoms with Crippen LogP contribution in [-0.2, 0) is 24.8 Å². The van der Waals surface area contributed by atoms with Crippen molar-refractivity contribution in [2.75, 3.05) is 51.4 Å². The van der Waals surface area contributed by atoms with E-state index in [0.717, 1.165) is 0 Å². The van der Waals surface area contributed by atoms with Gasteiger partial charge in [-0.25, -0.2) is 16.8 Å². The lowest BCUT2D eigenvalue weighted by atomic mass is 10.4. The monoisotopic (exact) mass is 314 g/mol. The van der Waals surface area contributed by atoms with E-state index < -0.39 is 20.0 Å². The molecule has 114 valence electrons. The van der Waals surface area contributed by atoms with Crippen LogP contribution in [0.4, 0.5) is 0 Å². The zero-order chi connectivity index (χ0) is 14.5. The second-order valence-electron chi connectivity index (χ2n) is 4.42. The third-order valence-corrected chi connectivity index (χ3v) is 6.90. The largest absolute Gasteiger partial charge is 0.384 e. The summed E-state index contributed by atoms with van der Waals surface area (Å²) in [5.74, 6) is 0.0502. The summed E-state index contributed by atoms with van der Waals surface area (Å²) in [6.07, 6.45) is 0.564. The van der Waals surface area contributed by atoms with Crippen LogP contribution in [0.15, 0.2) is 0 Å². The minimum absolute atomic E-state index is 0.0643. The summed E-state index contributed by atoms with van der Waals surface area (Å²) in [6.45, 7) is 2.85. The quantitative estimate of drug-likeness (QED) is 0.622. The average molecular weight is 314 g/mol. The van der Waals surface area contributed by atoms with E-state index in [-0.39, 0.29) is 44.3 Å². The van der Waals surface area contributed by atoms with Crippen molar-refractivity contribution >= 4 is 20.0 Å². The summed E-state index contributed by atoms with van der Waals surface area (Å²) in [6, 6.07) is 0. The highest BCUT2D eigenvalue weighted by atomic mass is 32.2. The molecule has 1 aliphatic rings. The molecular weight excluding hydrogens is 292 g/mol. The van der Waals surface area contributed by atoms with Gasteiger partial charge >= 0.3 is 0 Å². The highest BCUT2D eigenvalue weighted by Gasteiger charge is 2.31. The van der Waals surface area contributed by atoms with Crippen molar-refractivity contribution in [1.82, 2.24) is 8.61 Å². The summed E-state index contributed by atoms with van der Waals surface area (Å²) in [5, 5.41) is 0. The second-order valence-corrected chi connectivity index (χ2v) is 8.60. The first-order chi connectivity index (χ1) is 8.83. The summed E-state index contributed by atoms with van der Waals surface area (Å²) in [7, 11) is -5.12. The van der Waals surface area contributed by atoms with E-state index >= 15 is 0 Å². The Labute approximate surface area is 115 Å². The van der Waals surface area contributed by atoms with E-state index in [1.165, 1.54) is 15.7 Å². The molecule has 0 aromatic carbocycles. The van der Waals surface area contributed by atoms with Crippen molar-refractivity contribution in [2.24, 2.45) is 0 Å². The molecule has 1 aliphatic heterocycles. The van der Waals surface area contributed by atoms with Crippen LogP contribution < -0.4 is 0 Å². The Bertz CT molecular complexity index is 466. The molecule has 0 radical (unpaired) electrons. The smallest absolute Gasteiger partial charge is 0.216 e. The molecule has 0 unspecified atom stereocenters. The van der Waals surface area contributed by atoms with Crippen molar-refractivity contribution < 1.29 is 21.6 Å². The van der Waals surface area contributed by atoms with Crippen LogP contribution in [0, 0.1) is 0 Å². The van der Waals surface area contributed by atoms with Gasteiger partial charge in [0.2, 0.25) is 20.0 Å². The van der Waals surface area contributed by atoms with Gasteiger partial charge < -0.3 is 4.74 Å². The number of sulfonamides is 2. The molecule has 0 aromatic rings. The van der Waals surface area contributed by atoms with Crippen LogP contribution in [-0.4, -0.2) is 76.8 Å². The van der Waals surface area contributed by atoms with E-state index in [0.29, 0.717) is 6.42 Å². The number of hydrogen-bond acceptors (Lipinski definition) is 5. The Hall–Kier alpha value is -0.220. The molecule has 9 heteroatoms. The van der Waals surface area contributed by atoms with Crippen LogP contribution in [0.25, 0.3) is 0 Å². The standard InChI is InChI=1S/C10H22N2O5S2/c1-3-9-18(13,14)11-4-6-12(7-5-11)19(15,16)10-8-17-2/h3-10H2,1-2H3. The molecule has 0 aliphatic carbocycles. The number of rotatable bonds is 7. The van der Waals surface area contributed by atoms with Gasteiger partial charge in [-0.3, -0.25) is 0 Å². The van der Waals surface area contributed by atoms with Crippen LogP contribution in [0.2, 0.25) is 0 Å². The molecule has 19 heavy (non-hydrogen) atoms. The molecule has 0 bridgehead atoms. The van der Waals surface area contributed by atoms with E-state index in [1.807, 2.05) is 6.92 Å². The number of methoxy groups -OCH3 is 1. The first kappa shape index (κ1) is 16.8. The summed E-state index contributed by atoms with van der Waals surface area (Å²) in [5.41, 5.74) is 0. The second kappa shape index (κ2) is 6.98. The maximum absolute atomic E-state index is 11.9. The predicted molar refractivity (Wildman–Crippen MR) is 72.9 cm³/mol. The van der Waals surface area contributed by atoms with Gasteiger partial charge in [-0.2, -0.15) is 8.61 Å². The van der Waals surface area contributed by atoms with Crippen LogP contribution in [0.1, 0.15) is 13.3 Å². The Balaban J connectivity index is 2.58. The highest BCUT2D eigenvalue weighted by Crippen LogP contribution is 2.12. The number of ether oxygens (including phenoxy) is 1. The van der Waals surface area contributed by atoms with E-state index in [9.17, 15) is 16.8 Å². The molecule has 0 spiro atoms.